The van der Waals surface area contributed by atoms with Crippen LogP contribution in [0.25, 0.3) is 16.7 Å². The van der Waals surface area contributed by atoms with E-state index in [-0.39, 0.29) is 17.5 Å². The van der Waals surface area contributed by atoms with Crippen LogP contribution in [0.2, 0.25) is 0 Å². The summed E-state index contributed by atoms with van der Waals surface area (Å²) in [6.07, 6.45) is 2.27. The molecule has 1 aliphatic heterocycles. The van der Waals surface area contributed by atoms with E-state index >= 15 is 0 Å². The lowest BCUT2D eigenvalue weighted by Crippen LogP contribution is -2.31. The Morgan fingerprint density at radius 2 is 2.04 bits per heavy atom. The summed E-state index contributed by atoms with van der Waals surface area (Å²) in [4.78, 5) is 35.1. The van der Waals surface area contributed by atoms with Gasteiger partial charge in [-0.05, 0) is 49.1 Å². The van der Waals surface area contributed by atoms with Gasteiger partial charge in [0.2, 0.25) is 0 Å². The first kappa shape index (κ1) is 16.4. The summed E-state index contributed by atoms with van der Waals surface area (Å²) in [7, 11) is 0. The second-order valence-electron chi connectivity index (χ2n) is 7.16. The van der Waals surface area contributed by atoms with E-state index in [2.05, 4.69) is 24.1 Å². The van der Waals surface area contributed by atoms with Crippen molar-refractivity contribution in [1.82, 2.24) is 19.9 Å². The Bertz CT molecular complexity index is 1080. The van der Waals surface area contributed by atoms with Crippen molar-refractivity contribution in [2.75, 3.05) is 0 Å². The van der Waals surface area contributed by atoms with Gasteiger partial charge >= 0.3 is 0 Å². The van der Waals surface area contributed by atoms with Crippen LogP contribution >= 0.6 is 0 Å². The van der Waals surface area contributed by atoms with Crippen molar-refractivity contribution >= 4 is 16.8 Å². The molecule has 3 heterocycles. The molecule has 1 aromatic carbocycles. The number of pyridine rings is 1. The summed E-state index contributed by atoms with van der Waals surface area (Å²) >= 11 is 0. The summed E-state index contributed by atoms with van der Waals surface area (Å²) in [6, 6.07) is 8.61. The molecule has 1 unspecified atom stereocenters. The zero-order valence-electron chi connectivity index (χ0n) is 15.0. The number of nitrogens with one attached hydrogen (secondary N) is 1. The summed E-state index contributed by atoms with van der Waals surface area (Å²) in [6.45, 7) is 6.13. The molecule has 0 spiro atoms. The maximum Gasteiger partial charge on any atom is 0.267 e. The van der Waals surface area contributed by atoms with Crippen molar-refractivity contribution in [3.05, 3.63) is 63.8 Å². The van der Waals surface area contributed by atoms with Gasteiger partial charge in [0.25, 0.3) is 11.5 Å². The molecular formula is C20H20N4O2. The number of rotatable bonds is 2. The van der Waals surface area contributed by atoms with E-state index in [1.165, 1.54) is 4.57 Å². The Labute approximate surface area is 150 Å². The van der Waals surface area contributed by atoms with Crippen molar-refractivity contribution in [3.63, 3.8) is 0 Å². The van der Waals surface area contributed by atoms with Crippen LogP contribution in [0, 0.1) is 12.8 Å². The second-order valence-corrected chi connectivity index (χ2v) is 7.16. The number of hydrogen-bond acceptors (Lipinski definition) is 4. The lowest BCUT2D eigenvalue weighted by molar-refractivity contribution is 0.0933. The van der Waals surface area contributed by atoms with Crippen LogP contribution in [0.4, 0.5) is 0 Å². The number of hydrogen-bond donors (Lipinski definition) is 1. The number of carbonyl (C=O) groups is 1. The van der Waals surface area contributed by atoms with Crippen LogP contribution in [-0.2, 0) is 0 Å². The molecule has 1 aliphatic rings. The van der Waals surface area contributed by atoms with Gasteiger partial charge in [0, 0.05) is 6.20 Å². The number of carbonyl (C=O) groups excluding carboxylic acids is 1. The van der Waals surface area contributed by atoms with E-state index in [1.807, 2.05) is 19.1 Å². The van der Waals surface area contributed by atoms with Crippen LogP contribution in [0.3, 0.4) is 0 Å². The molecule has 6 nitrogen and oxygen atoms in total. The highest BCUT2D eigenvalue weighted by atomic mass is 16.2. The molecule has 4 rings (SSSR count). The molecule has 0 saturated heterocycles. The third-order valence-corrected chi connectivity index (χ3v) is 4.62. The minimum Gasteiger partial charge on any atom is -0.342 e. The average molecular weight is 348 g/mol. The molecule has 6 heteroatoms. The smallest absolute Gasteiger partial charge is 0.267 e. The Kier molecular flexibility index (Phi) is 3.83. The first-order valence-electron chi connectivity index (χ1n) is 8.75. The largest absolute Gasteiger partial charge is 0.342 e. The number of amides is 1. The molecular weight excluding hydrogens is 328 g/mol. The lowest BCUT2D eigenvalue weighted by atomic mass is 10.0. The third-order valence-electron chi connectivity index (χ3n) is 4.62. The molecule has 0 bridgehead atoms. The summed E-state index contributed by atoms with van der Waals surface area (Å²) in [5, 5.41) is 3.55. The van der Waals surface area contributed by atoms with E-state index in [9.17, 15) is 9.59 Å². The van der Waals surface area contributed by atoms with Crippen molar-refractivity contribution in [2.24, 2.45) is 5.92 Å². The topological polar surface area (TPSA) is 76.9 Å². The Morgan fingerprint density at radius 1 is 1.23 bits per heavy atom. The van der Waals surface area contributed by atoms with Crippen LogP contribution in [0.5, 0.6) is 0 Å². The normalized spacial score (nSPS) is 16.2. The fraction of sp³-hybridized carbons (Fsp3) is 0.300. The highest BCUT2D eigenvalue weighted by Crippen LogP contribution is 2.27. The van der Waals surface area contributed by atoms with Gasteiger partial charge in [0.1, 0.15) is 5.82 Å². The number of benzene rings is 1. The molecule has 0 fully saturated rings. The Balaban J connectivity index is 2.10. The molecule has 0 aliphatic carbocycles. The zero-order chi connectivity index (χ0) is 18.4. The summed E-state index contributed by atoms with van der Waals surface area (Å²) < 4.78 is 1.50. The highest BCUT2D eigenvalue weighted by molar-refractivity contribution is 5.98. The van der Waals surface area contributed by atoms with E-state index in [0.717, 1.165) is 5.56 Å². The van der Waals surface area contributed by atoms with Crippen LogP contribution in [-0.4, -0.2) is 20.4 Å². The van der Waals surface area contributed by atoms with Gasteiger partial charge in [-0.2, -0.15) is 0 Å². The molecule has 2 aromatic heterocycles. The Hall–Kier alpha value is -3.02. The SMILES string of the molecule is Cc1ccc2c(=O)n3c(nc2c1)C(CC(C)C)NC(=O)c1cccnc1-3. The van der Waals surface area contributed by atoms with Gasteiger partial charge in [-0.15, -0.1) is 0 Å². The first-order chi connectivity index (χ1) is 12.5. The molecule has 1 N–H and O–H groups in total. The van der Waals surface area contributed by atoms with Crippen LogP contribution in [0.1, 0.15) is 48.1 Å². The summed E-state index contributed by atoms with van der Waals surface area (Å²) in [5.74, 6) is 0.968. The minimum atomic E-state index is -0.352. The van der Waals surface area contributed by atoms with Gasteiger partial charge in [0.15, 0.2) is 5.82 Å². The predicted octanol–water partition coefficient (Wildman–Crippen LogP) is 2.92. The zero-order valence-corrected chi connectivity index (χ0v) is 15.0. The number of aryl methyl sites for hydroxylation is 1. The third kappa shape index (κ3) is 2.58. The van der Waals surface area contributed by atoms with Gasteiger partial charge in [0.05, 0.1) is 22.5 Å². The molecule has 26 heavy (non-hydrogen) atoms. The van der Waals surface area contributed by atoms with Crippen molar-refractivity contribution in [2.45, 2.75) is 33.2 Å². The first-order valence-corrected chi connectivity index (χ1v) is 8.75. The van der Waals surface area contributed by atoms with Gasteiger partial charge in [-0.3, -0.25) is 9.59 Å². The van der Waals surface area contributed by atoms with Crippen molar-refractivity contribution in [1.29, 1.82) is 0 Å². The summed E-state index contributed by atoms with van der Waals surface area (Å²) in [5.41, 5.74) is 1.86. The van der Waals surface area contributed by atoms with Crippen molar-refractivity contribution < 1.29 is 4.79 Å². The maximum absolute atomic E-state index is 13.3. The van der Waals surface area contributed by atoms with Gasteiger partial charge < -0.3 is 5.32 Å². The molecule has 1 amide bonds. The molecule has 3 aromatic rings. The van der Waals surface area contributed by atoms with Crippen molar-refractivity contribution in [3.8, 4) is 5.82 Å². The molecule has 132 valence electrons. The monoisotopic (exact) mass is 348 g/mol. The fourth-order valence-electron chi connectivity index (χ4n) is 3.44. The van der Waals surface area contributed by atoms with E-state index < -0.39 is 0 Å². The predicted molar refractivity (Wildman–Crippen MR) is 99.5 cm³/mol. The lowest BCUT2D eigenvalue weighted by Gasteiger charge is -2.20. The Morgan fingerprint density at radius 3 is 2.81 bits per heavy atom. The van der Waals surface area contributed by atoms with E-state index in [4.69, 9.17) is 4.98 Å². The number of aromatic nitrogens is 3. The quantitative estimate of drug-likeness (QED) is 0.772. The van der Waals surface area contributed by atoms with E-state index in [0.29, 0.717) is 40.4 Å². The number of fused-ring (bicyclic) bond motifs is 4. The van der Waals surface area contributed by atoms with E-state index in [1.54, 1.807) is 24.4 Å². The highest BCUT2D eigenvalue weighted by Gasteiger charge is 2.30. The minimum absolute atomic E-state index is 0.199. The average Bonchev–Trinajstić information content (AvgIpc) is 2.70. The maximum atomic E-state index is 13.3. The second kappa shape index (κ2) is 6.05. The molecule has 0 radical (unpaired) electrons. The van der Waals surface area contributed by atoms with Crippen LogP contribution in [0.15, 0.2) is 41.3 Å². The van der Waals surface area contributed by atoms with Gasteiger partial charge in [-0.25, -0.2) is 14.5 Å². The standard InChI is InChI=1S/C20H20N4O2/c1-11(2)9-16-18-22-15-10-12(3)6-7-13(15)20(26)24(18)17-14(19(25)23-16)5-4-8-21-17/h4-8,10-11,16H,9H2,1-3H3,(H,23,25). The van der Waals surface area contributed by atoms with Crippen LogP contribution < -0.4 is 10.9 Å². The molecule has 0 saturated carbocycles. The fourth-order valence-corrected chi connectivity index (χ4v) is 3.44. The molecule has 1 atom stereocenters. The number of nitrogens with zero attached hydrogens (tertiary/aromatic N) is 3. The van der Waals surface area contributed by atoms with Gasteiger partial charge in [-0.1, -0.05) is 19.9 Å².